The van der Waals surface area contributed by atoms with Crippen molar-refractivity contribution in [2.75, 3.05) is 12.4 Å². The number of nitrogens with zero attached hydrogens (tertiary/aromatic N) is 2. The minimum absolute atomic E-state index is 0.0856. The number of anilines is 1. The third-order valence-electron chi connectivity index (χ3n) is 1.88. The Balaban J connectivity index is 0.000000396. The van der Waals surface area contributed by atoms with E-state index in [4.69, 9.17) is 13.0 Å². The third-order valence-corrected chi connectivity index (χ3v) is 2.44. The van der Waals surface area contributed by atoms with E-state index in [1.807, 2.05) is 0 Å². The fourth-order valence-corrected chi connectivity index (χ4v) is 1.05. The maximum atomic E-state index is 10.7. The molecule has 0 fully saturated rings. The number of rotatable bonds is 2. The van der Waals surface area contributed by atoms with Crippen LogP contribution in [0.1, 0.15) is 0 Å². The van der Waals surface area contributed by atoms with Crippen LogP contribution in [-0.2, 0) is 17.2 Å². The number of aryl methyl sites for hydroxylation is 1. The van der Waals surface area contributed by atoms with Gasteiger partial charge in [-0.15, -0.1) is 0 Å². The van der Waals surface area contributed by atoms with Crippen LogP contribution in [-0.4, -0.2) is 30.4 Å². The van der Waals surface area contributed by atoms with Crippen LogP contribution >= 0.6 is 0 Å². The molecular formula is C8H10F3N3O5S. The zero-order chi connectivity index (χ0) is 16.1. The zero-order valence-electron chi connectivity index (χ0n) is 10.2. The lowest BCUT2D eigenvalue weighted by molar-refractivity contribution is -0.659. The Hall–Kier alpha value is -1.95. The highest BCUT2D eigenvalue weighted by Gasteiger charge is 2.36. The molecule has 0 atom stereocenters. The molecule has 1 heterocycles. The first kappa shape index (κ1) is 18.0. The van der Waals surface area contributed by atoms with Crippen LogP contribution in [0.4, 0.5) is 24.7 Å². The summed E-state index contributed by atoms with van der Waals surface area (Å²) in [6, 6.07) is 3.10. The van der Waals surface area contributed by atoms with Gasteiger partial charge in [0.1, 0.15) is 0 Å². The molecule has 12 heteroatoms. The molecule has 0 bridgehead atoms. The predicted octanol–water partition coefficient (Wildman–Crippen LogP) is 0.512. The summed E-state index contributed by atoms with van der Waals surface area (Å²) in [6.45, 7) is 0. The molecule has 0 aliphatic rings. The summed E-state index contributed by atoms with van der Waals surface area (Å²) in [6.07, 6.45) is 1.75. The lowest BCUT2D eigenvalue weighted by Gasteiger charge is -2.08. The van der Waals surface area contributed by atoms with Crippen LogP contribution in [0.3, 0.4) is 0 Å². The van der Waals surface area contributed by atoms with Gasteiger partial charge in [0.15, 0.2) is 10.1 Å². The fourth-order valence-electron chi connectivity index (χ4n) is 1.05. The summed E-state index contributed by atoms with van der Waals surface area (Å²) in [7, 11) is -2.69. The number of nitrogens with one attached hydrogen (secondary N) is 1. The molecule has 0 saturated heterocycles. The highest BCUT2D eigenvalue weighted by molar-refractivity contribution is 7.86. The Morgan fingerprint density at radius 2 is 1.85 bits per heavy atom. The van der Waals surface area contributed by atoms with Crippen molar-refractivity contribution in [3.63, 3.8) is 0 Å². The molecule has 0 amide bonds. The van der Waals surface area contributed by atoms with E-state index in [9.17, 15) is 23.3 Å². The van der Waals surface area contributed by atoms with E-state index in [1.54, 1.807) is 30.9 Å². The number of pyridine rings is 1. The van der Waals surface area contributed by atoms with Gasteiger partial charge in [-0.2, -0.15) is 13.2 Å². The van der Waals surface area contributed by atoms with Gasteiger partial charge in [-0.25, -0.2) is 13.0 Å². The summed E-state index contributed by atoms with van der Waals surface area (Å²) in [5.41, 5.74) is -5.56. The number of nitro groups is 1. The first-order chi connectivity index (χ1) is 8.91. The van der Waals surface area contributed by atoms with Gasteiger partial charge in [0.25, 0.3) is 0 Å². The summed E-state index contributed by atoms with van der Waals surface area (Å²) in [5.74, 6) is 0.502. The molecule has 0 spiro atoms. The van der Waals surface area contributed by atoms with E-state index in [2.05, 4.69) is 5.32 Å². The Bertz CT molecular complexity index is 588. The molecule has 1 rings (SSSR count). The Morgan fingerprint density at radius 1 is 1.40 bits per heavy atom. The number of alkyl halides is 3. The van der Waals surface area contributed by atoms with Gasteiger partial charge in [0, 0.05) is 6.07 Å². The molecule has 114 valence electrons. The molecule has 0 aromatic carbocycles. The van der Waals surface area contributed by atoms with Crippen molar-refractivity contribution >= 4 is 21.6 Å². The smallest absolute Gasteiger partial charge is 0.485 e. The minimum atomic E-state index is -6.09. The number of halogens is 3. The van der Waals surface area contributed by atoms with Crippen LogP contribution in [0.5, 0.6) is 0 Å². The molecule has 0 aliphatic heterocycles. The Kier molecular flexibility index (Phi) is 5.84. The molecule has 8 nitrogen and oxygen atoms in total. The quantitative estimate of drug-likeness (QED) is 0.279. The second-order valence-corrected chi connectivity index (χ2v) is 4.63. The normalized spacial score (nSPS) is 11.3. The summed E-state index contributed by atoms with van der Waals surface area (Å²) < 4.78 is 60.6. The van der Waals surface area contributed by atoms with Crippen molar-refractivity contribution in [3.05, 3.63) is 28.4 Å². The number of aromatic nitrogens is 1. The topological polar surface area (TPSA) is 116 Å². The summed E-state index contributed by atoms with van der Waals surface area (Å²) in [5, 5.41) is 13.3. The average molecular weight is 317 g/mol. The van der Waals surface area contributed by atoms with Crippen LogP contribution in [0.15, 0.2) is 18.3 Å². The van der Waals surface area contributed by atoms with Crippen molar-refractivity contribution in [1.82, 2.24) is 0 Å². The largest absolute Gasteiger partial charge is 0.741 e. The van der Waals surface area contributed by atoms with Gasteiger partial charge in [-0.3, -0.25) is 15.4 Å². The third kappa shape index (κ3) is 4.97. The first-order valence-corrected chi connectivity index (χ1v) is 6.15. The van der Waals surface area contributed by atoms with E-state index < -0.39 is 20.5 Å². The molecule has 1 aromatic heterocycles. The lowest BCUT2D eigenvalue weighted by Crippen LogP contribution is -2.31. The number of hydrogen-bond donors (Lipinski definition) is 1. The van der Waals surface area contributed by atoms with Crippen molar-refractivity contribution in [3.8, 4) is 0 Å². The van der Waals surface area contributed by atoms with Crippen LogP contribution < -0.4 is 9.88 Å². The second-order valence-electron chi connectivity index (χ2n) is 3.26. The van der Waals surface area contributed by atoms with Crippen LogP contribution in [0.25, 0.3) is 0 Å². The van der Waals surface area contributed by atoms with Crippen molar-refractivity contribution in [1.29, 1.82) is 0 Å². The molecule has 0 unspecified atom stereocenters. The van der Waals surface area contributed by atoms with Gasteiger partial charge < -0.3 is 4.55 Å². The van der Waals surface area contributed by atoms with Gasteiger partial charge in [0.2, 0.25) is 0 Å². The molecule has 20 heavy (non-hydrogen) atoms. The molecule has 0 aliphatic carbocycles. The van der Waals surface area contributed by atoms with Crippen molar-refractivity contribution in [2.45, 2.75) is 5.51 Å². The van der Waals surface area contributed by atoms with Crippen molar-refractivity contribution in [2.24, 2.45) is 7.05 Å². The zero-order valence-corrected chi connectivity index (χ0v) is 11.0. The van der Waals surface area contributed by atoms with Gasteiger partial charge in [-0.1, -0.05) is 0 Å². The predicted molar refractivity (Wildman–Crippen MR) is 59.6 cm³/mol. The fraction of sp³-hybridized carbons (Fsp3) is 0.375. The SMILES string of the molecule is CNc1c([N+](=O)[O-])ccc[n+]1C.O=S(=O)([O-])C(F)(F)F. The highest BCUT2D eigenvalue weighted by Crippen LogP contribution is 2.20. The van der Waals surface area contributed by atoms with E-state index in [-0.39, 0.29) is 5.69 Å². The van der Waals surface area contributed by atoms with Gasteiger partial charge in [-0.05, 0) is 6.07 Å². The Morgan fingerprint density at radius 3 is 2.10 bits per heavy atom. The molecular weight excluding hydrogens is 307 g/mol. The first-order valence-electron chi connectivity index (χ1n) is 4.74. The second kappa shape index (κ2) is 6.47. The van der Waals surface area contributed by atoms with E-state index in [0.717, 1.165) is 0 Å². The van der Waals surface area contributed by atoms with E-state index in [0.29, 0.717) is 5.82 Å². The van der Waals surface area contributed by atoms with Gasteiger partial charge >= 0.3 is 17.0 Å². The molecule has 0 saturated carbocycles. The maximum Gasteiger partial charge on any atom is 0.485 e. The Labute approximate surface area is 111 Å². The van der Waals surface area contributed by atoms with E-state index >= 15 is 0 Å². The average Bonchev–Trinajstić information content (AvgIpc) is 2.26. The van der Waals surface area contributed by atoms with Crippen LogP contribution in [0.2, 0.25) is 0 Å². The molecule has 1 aromatic rings. The lowest BCUT2D eigenvalue weighted by atomic mass is 10.4. The minimum Gasteiger partial charge on any atom is -0.741 e. The maximum absolute atomic E-state index is 10.7. The van der Waals surface area contributed by atoms with Gasteiger partial charge in [0.05, 0.1) is 25.2 Å². The van der Waals surface area contributed by atoms with Crippen LogP contribution in [0, 0.1) is 10.1 Å². The molecule has 0 radical (unpaired) electrons. The summed E-state index contributed by atoms with van der Waals surface area (Å²) in [4.78, 5) is 10.1. The van der Waals surface area contributed by atoms with Crippen molar-refractivity contribution < 1.29 is 35.6 Å². The molecule has 1 N–H and O–H groups in total. The highest BCUT2D eigenvalue weighted by atomic mass is 32.2. The standard InChI is InChI=1S/C7H9N3O2.CHF3O3S/c1-8-7-6(10(11)12)4-3-5-9(7)2;2-1(3,4)8(5,6)7/h3-5H,1-2H3;(H,5,6,7). The van der Waals surface area contributed by atoms with E-state index in [1.165, 1.54) is 6.07 Å². The summed E-state index contributed by atoms with van der Waals surface area (Å²) >= 11 is 0. The monoisotopic (exact) mass is 317 g/mol. The number of hydrogen-bond acceptors (Lipinski definition) is 6.